The summed E-state index contributed by atoms with van der Waals surface area (Å²) in [5.41, 5.74) is 11.5. The lowest BCUT2D eigenvalue weighted by molar-refractivity contribution is -0.123. The van der Waals surface area contributed by atoms with Gasteiger partial charge in [0.2, 0.25) is 5.91 Å². The predicted octanol–water partition coefficient (Wildman–Crippen LogP) is 3.63. The maximum atomic E-state index is 12.7. The van der Waals surface area contributed by atoms with Crippen molar-refractivity contribution in [3.8, 4) is 11.5 Å². The Balaban J connectivity index is 0.00000450. The first-order valence-electron chi connectivity index (χ1n) is 9.81. The summed E-state index contributed by atoms with van der Waals surface area (Å²) in [7, 11) is 0. The van der Waals surface area contributed by atoms with Crippen LogP contribution in [0.4, 0.5) is 4.79 Å². The molecule has 0 aliphatic heterocycles. The molecule has 0 aliphatic carbocycles. The molecule has 0 aliphatic rings. The fourth-order valence-electron chi connectivity index (χ4n) is 3.14. The highest BCUT2D eigenvalue weighted by Gasteiger charge is 2.28. The molecular weight excluding hydrogens is 404 g/mol. The molecule has 0 saturated carbocycles. The first-order chi connectivity index (χ1) is 13.9. The summed E-state index contributed by atoms with van der Waals surface area (Å²) in [5, 5.41) is 5.67. The van der Waals surface area contributed by atoms with Crippen molar-refractivity contribution in [3.05, 3.63) is 60.2 Å². The van der Waals surface area contributed by atoms with Crippen LogP contribution in [-0.2, 0) is 4.79 Å². The Bertz CT molecular complexity index is 805. The van der Waals surface area contributed by atoms with Gasteiger partial charge in [-0.1, -0.05) is 44.2 Å². The maximum Gasteiger partial charge on any atom is 0.312 e. The quantitative estimate of drug-likeness (QED) is 0.456. The van der Waals surface area contributed by atoms with E-state index < -0.39 is 17.6 Å². The average Bonchev–Trinajstić information content (AvgIpc) is 2.72. The summed E-state index contributed by atoms with van der Waals surface area (Å²) in [5.74, 6) is 1.09. The molecule has 1 unspecified atom stereocenters. The number of benzene rings is 2. The number of nitrogens with two attached hydrogens (primary N) is 2. The van der Waals surface area contributed by atoms with Gasteiger partial charge in [0.05, 0.1) is 18.0 Å². The van der Waals surface area contributed by atoms with Gasteiger partial charge in [-0.05, 0) is 42.7 Å². The first-order valence-corrected chi connectivity index (χ1v) is 9.81. The minimum Gasteiger partial charge on any atom is -0.457 e. The zero-order valence-corrected chi connectivity index (χ0v) is 18.2. The van der Waals surface area contributed by atoms with Gasteiger partial charge in [0.1, 0.15) is 11.5 Å². The van der Waals surface area contributed by atoms with Crippen LogP contribution in [0.3, 0.4) is 0 Å². The van der Waals surface area contributed by atoms with Gasteiger partial charge in [0.15, 0.2) is 0 Å². The monoisotopic (exact) mass is 434 g/mol. The molecule has 0 spiro atoms. The number of halogens is 1. The van der Waals surface area contributed by atoms with E-state index in [-0.39, 0.29) is 24.7 Å². The number of ether oxygens (including phenoxy) is 1. The zero-order valence-electron chi connectivity index (χ0n) is 17.4. The van der Waals surface area contributed by atoms with E-state index in [2.05, 4.69) is 10.6 Å². The molecule has 0 aromatic heterocycles. The standard InChI is InChI=1S/C22H30N4O3.ClH/c1-3-22(4-2,15-23)26-20(27)14-19(25-21(24)28)16-9-8-12-18(13-16)29-17-10-6-5-7-11-17;/h5-13,19H,3-4,14-15,23H2,1-2H3,(H,26,27)(H3,24,25,28);1H. The van der Waals surface area contributed by atoms with E-state index in [1.165, 1.54) is 0 Å². The number of primary amides is 1. The number of hydrogen-bond acceptors (Lipinski definition) is 4. The molecule has 3 amide bonds. The Morgan fingerprint density at radius 2 is 1.67 bits per heavy atom. The van der Waals surface area contributed by atoms with Gasteiger partial charge in [0, 0.05) is 6.54 Å². The van der Waals surface area contributed by atoms with Crippen molar-refractivity contribution in [1.82, 2.24) is 10.6 Å². The third-order valence-corrected chi connectivity index (χ3v) is 5.09. The van der Waals surface area contributed by atoms with Crippen LogP contribution in [0.2, 0.25) is 0 Å². The van der Waals surface area contributed by atoms with Crippen molar-refractivity contribution < 1.29 is 14.3 Å². The Hall–Kier alpha value is -2.77. The fraction of sp³-hybridized carbons (Fsp3) is 0.364. The maximum absolute atomic E-state index is 12.7. The van der Waals surface area contributed by atoms with Gasteiger partial charge < -0.3 is 26.8 Å². The summed E-state index contributed by atoms with van der Waals surface area (Å²) in [6.45, 7) is 4.32. The number of nitrogens with one attached hydrogen (secondary N) is 2. The number of carbonyl (C=O) groups is 2. The highest BCUT2D eigenvalue weighted by atomic mass is 35.5. The van der Waals surface area contributed by atoms with Crippen LogP contribution in [0.25, 0.3) is 0 Å². The zero-order chi connectivity index (χ0) is 21.3. The highest BCUT2D eigenvalue weighted by molar-refractivity contribution is 5.85. The molecule has 2 aromatic rings. The SMILES string of the molecule is CCC(CC)(CN)NC(=O)CC(NC(N)=O)c1cccc(Oc2ccccc2)c1.Cl. The van der Waals surface area contributed by atoms with Crippen molar-refractivity contribution in [2.24, 2.45) is 11.5 Å². The third-order valence-electron chi connectivity index (χ3n) is 5.09. The van der Waals surface area contributed by atoms with E-state index in [9.17, 15) is 9.59 Å². The summed E-state index contributed by atoms with van der Waals surface area (Å²) in [6.07, 6.45) is 1.49. The largest absolute Gasteiger partial charge is 0.457 e. The van der Waals surface area contributed by atoms with Gasteiger partial charge in [-0.3, -0.25) is 4.79 Å². The minimum absolute atomic E-state index is 0. The second-order valence-electron chi connectivity index (χ2n) is 6.99. The van der Waals surface area contributed by atoms with Crippen LogP contribution < -0.4 is 26.8 Å². The van der Waals surface area contributed by atoms with Gasteiger partial charge in [0.25, 0.3) is 0 Å². The highest BCUT2D eigenvalue weighted by Crippen LogP contribution is 2.26. The summed E-state index contributed by atoms with van der Waals surface area (Å²) < 4.78 is 5.85. The van der Waals surface area contributed by atoms with Gasteiger partial charge in [-0.15, -0.1) is 12.4 Å². The van der Waals surface area contributed by atoms with Crippen LogP contribution in [0.5, 0.6) is 11.5 Å². The molecule has 7 nitrogen and oxygen atoms in total. The molecule has 0 heterocycles. The van der Waals surface area contributed by atoms with Crippen LogP contribution in [0, 0.1) is 0 Å². The van der Waals surface area contributed by atoms with E-state index in [1.54, 1.807) is 6.07 Å². The molecule has 2 rings (SSSR count). The van der Waals surface area contributed by atoms with Crippen LogP contribution in [0.15, 0.2) is 54.6 Å². The normalized spacial score (nSPS) is 11.7. The van der Waals surface area contributed by atoms with Crippen molar-refractivity contribution in [2.75, 3.05) is 6.54 Å². The Labute approximate surface area is 184 Å². The van der Waals surface area contributed by atoms with E-state index >= 15 is 0 Å². The molecule has 0 fully saturated rings. The topological polar surface area (TPSA) is 119 Å². The van der Waals surface area contributed by atoms with E-state index in [0.717, 1.165) is 18.4 Å². The Morgan fingerprint density at radius 3 is 2.23 bits per heavy atom. The summed E-state index contributed by atoms with van der Waals surface area (Å²) in [6, 6.07) is 15.3. The Kier molecular flexibility index (Phi) is 10.1. The lowest BCUT2D eigenvalue weighted by Crippen LogP contribution is -2.53. The molecule has 164 valence electrons. The van der Waals surface area contributed by atoms with Crippen molar-refractivity contribution in [3.63, 3.8) is 0 Å². The van der Waals surface area contributed by atoms with E-state index in [4.69, 9.17) is 16.2 Å². The van der Waals surface area contributed by atoms with Crippen LogP contribution >= 0.6 is 12.4 Å². The molecular formula is C22H31ClN4O3. The second kappa shape index (κ2) is 12.0. The summed E-state index contributed by atoms with van der Waals surface area (Å²) >= 11 is 0. The number of rotatable bonds is 10. The van der Waals surface area contributed by atoms with Crippen molar-refractivity contribution in [1.29, 1.82) is 0 Å². The molecule has 30 heavy (non-hydrogen) atoms. The molecule has 0 bridgehead atoms. The molecule has 0 radical (unpaired) electrons. The lowest BCUT2D eigenvalue weighted by atomic mass is 9.92. The molecule has 2 aromatic carbocycles. The number of carbonyl (C=O) groups excluding carboxylic acids is 2. The smallest absolute Gasteiger partial charge is 0.312 e. The van der Waals surface area contributed by atoms with Gasteiger partial charge in [-0.2, -0.15) is 0 Å². The van der Waals surface area contributed by atoms with Gasteiger partial charge in [-0.25, -0.2) is 4.79 Å². The number of amides is 3. The fourth-order valence-corrected chi connectivity index (χ4v) is 3.14. The van der Waals surface area contributed by atoms with Crippen molar-refractivity contribution >= 4 is 24.3 Å². The second-order valence-corrected chi connectivity index (χ2v) is 6.99. The van der Waals surface area contributed by atoms with Crippen LogP contribution in [0.1, 0.15) is 44.7 Å². The molecule has 1 atom stereocenters. The predicted molar refractivity (Wildman–Crippen MR) is 121 cm³/mol. The number of urea groups is 1. The Morgan fingerprint density at radius 1 is 1.03 bits per heavy atom. The first kappa shape index (κ1) is 25.3. The lowest BCUT2D eigenvalue weighted by Gasteiger charge is -2.32. The van der Waals surface area contributed by atoms with Crippen molar-refractivity contribution in [2.45, 2.75) is 44.7 Å². The number of para-hydroxylation sites is 1. The van der Waals surface area contributed by atoms with Crippen LogP contribution in [-0.4, -0.2) is 24.0 Å². The number of hydrogen-bond donors (Lipinski definition) is 4. The van der Waals surface area contributed by atoms with E-state index in [1.807, 2.05) is 62.4 Å². The molecule has 6 N–H and O–H groups in total. The average molecular weight is 435 g/mol. The molecule has 8 heteroatoms. The third kappa shape index (κ3) is 7.24. The van der Waals surface area contributed by atoms with E-state index in [0.29, 0.717) is 18.0 Å². The molecule has 0 saturated heterocycles. The van der Waals surface area contributed by atoms with Gasteiger partial charge >= 0.3 is 6.03 Å². The summed E-state index contributed by atoms with van der Waals surface area (Å²) in [4.78, 5) is 24.2. The minimum atomic E-state index is -0.701.